The minimum absolute atomic E-state index is 0.131. The van der Waals surface area contributed by atoms with Crippen LogP contribution in [0.15, 0.2) is 21.8 Å². The molecule has 3 nitrogen and oxygen atoms in total. The first-order valence-corrected chi connectivity index (χ1v) is 4.03. The minimum Gasteiger partial charge on any atom is -0.249 e. The van der Waals surface area contributed by atoms with Gasteiger partial charge in [-0.2, -0.15) is 5.26 Å². The summed E-state index contributed by atoms with van der Waals surface area (Å²) in [7, 11) is 0. The molecule has 13 heavy (non-hydrogen) atoms. The molecule has 70 valence electrons. The largest absolute Gasteiger partial charge is 0.249 e. The summed E-state index contributed by atoms with van der Waals surface area (Å²) in [4.78, 5) is 7.90. The van der Waals surface area contributed by atoms with Gasteiger partial charge >= 0.3 is 0 Å². The number of amidine groups is 1. The molecular weight excluding hydrogens is 162 g/mol. The molecular formula is C10H15N3. The lowest BCUT2D eigenvalue weighted by molar-refractivity contribution is 0.585. The molecule has 0 aromatic heterocycles. The summed E-state index contributed by atoms with van der Waals surface area (Å²) in [5, 5.41) is 8.49. The molecule has 0 spiro atoms. The van der Waals surface area contributed by atoms with Crippen molar-refractivity contribution in [1.82, 2.24) is 0 Å². The van der Waals surface area contributed by atoms with Crippen LogP contribution in [0.25, 0.3) is 0 Å². The van der Waals surface area contributed by atoms with Crippen LogP contribution < -0.4 is 0 Å². The van der Waals surface area contributed by atoms with Gasteiger partial charge in [-0.1, -0.05) is 20.8 Å². The average molecular weight is 177 g/mol. The smallest absolute Gasteiger partial charge is 0.132 e. The van der Waals surface area contributed by atoms with E-state index in [4.69, 9.17) is 5.26 Å². The maximum absolute atomic E-state index is 8.49. The Morgan fingerprint density at radius 3 is 2.31 bits per heavy atom. The van der Waals surface area contributed by atoms with Crippen LogP contribution in [0.2, 0.25) is 0 Å². The second-order valence-corrected chi connectivity index (χ2v) is 3.78. The Balaban J connectivity index is 4.82. The summed E-state index contributed by atoms with van der Waals surface area (Å²) < 4.78 is 0. The number of rotatable bonds is 1. The van der Waals surface area contributed by atoms with E-state index in [1.807, 2.05) is 26.8 Å². The monoisotopic (exact) mass is 177 g/mol. The Bertz CT molecular complexity index is 284. The van der Waals surface area contributed by atoms with Crippen molar-refractivity contribution in [1.29, 1.82) is 5.26 Å². The van der Waals surface area contributed by atoms with Gasteiger partial charge in [0, 0.05) is 17.2 Å². The topological polar surface area (TPSA) is 48.5 Å². The Labute approximate surface area is 79.5 Å². The molecule has 0 fully saturated rings. The first kappa shape index (κ1) is 11.6. The van der Waals surface area contributed by atoms with E-state index in [2.05, 4.69) is 16.7 Å². The fraction of sp³-hybridized carbons (Fsp3) is 0.500. The van der Waals surface area contributed by atoms with E-state index < -0.39 is 0 Å². The number of hydrogen-bond acceptors (Lipinski definition) is 2. The molecule has 0 radical (unpaired) electrons. The highest BCUT2D eigenvalue weighted by Gasteiger charge is 2.16. The molecule has 0 amide bonds. The molecule has 0 saturated heterocycles. The highest BCUT2D eigenvalue weighted by molar-refractivity contribution is 5.91. The maximum Gasteiger partial charge on any atom is 0.132 e. The fourth-order valence-electron chi connectivity index (χ4n) is 0.658. The van der Waals surface area contributed by atoms with Crippen molar-refractivity contribution in [2.45, 2.75) is 27.7 Å². The maximum atomic E-state index is 8.49. The molecule has 0 aliphatic heterocycles. The van der Waals surface area contributed by atoms with Crippen LogP contribution in [0, 0.1) is 16.7 Å². The van der Waals surface area contributed by atoms with Crippen molar-refractivity contribution in [3.05, 3.63) is 11.8 Å². The molecule has 0 unspecified atom stereocenters. The molecule has 0 bridgehead atoms. The van der Waals surface area contributed by atoms with Crippen LogP contribution in [0.1, 0.15) is 27.7 Å². The quantitative estimate of drug-likeness (QED) is 0.345. The van der Waals surface area contributed by atoms with Crippen molar-refractivity contribution >= 4 is 12.6 Å². The summed E-state index contributed by atoms with van der Waals surface area (Å²) in [6.07, 6.45) is 1.51. The summed E-state index contributed by atoms with van der Waals surface area (Å²) in [6, 6.07) is 1.99. The summed E-state index contributed by atoms with van der Waals surface area (Å²) in [5.41, 5.74) is 0.430. The predicted molar refractivity (Wildman–Crippen MR) is 55.8 cm³/mol. The molecule has 0 aliphatic carbocycles. The standard InChI is InChI=1S/C10H15N3/c1-8(6-11)7-13-9(12-5)10(2,3)4/h7H,5H2,1-4H3/b8-7+,13-9?. The van der Waals surface area contributed by atoms with Gasteiger partial charge in [0.1, 0.15) is 5.84 Å². The number of nitrogens with zero attached hydrogens (tertiary/aromatic N) is 3. The Morgan fingerprint density at radius 2 is 2.00 bits per heavy atom. The van der Waals surface area contributed by atoms with E-state index in [0.717, 1.165) is 0 Å². The zero-order valence-corrected chi connectivity index (χ0v) is 8.63. The lowest BCUT2D eigenvalue weighted by Gasteiger charge is -2.16. The van der Waals surface area contributed by atoms with Crippen LogP contribution in [0.3, 0.4) is 0 Å². The number of aliphatic imine (C=N–C) groups is 2. The average Bonchev–Trinajstić information content (AvgIpc) is 2.02. The van der Waals surface area contributed by atoms with E-state index in [9.17, 15) is 0 Å². The van der Waals surface area contributed by atoms with Crippen molar-refractivity contribution in [2.24, 2.45) is 15.4 Å². The Kier molecular flexibility index (Phi) is 4.06. The lowest BCUT2D eigenvalue weighted by atomic mass is 9.95. The highest BCUT2D eigenvalue weighted by Crippen LogP contribution is 2.16. The molecule has 0 atom stereocenters. The molecule has 0 saturated carbocycles. The van der Waals surface area contributed by atoms with E-state index >= 15 is 0 Å². The lowest BCUT2D eigenvalue weighted by Crippen LogP contribution is -2.17. The summed E-state index contributed by atoms with van der Waals surface area (Å²) in [6.45, 7) is 11.1. The van der Waals surface area contributed by atoms with Gasteiger partial charge in [0.05, 0.1) is 6.07 Å². The molecule has 0 N–H and O–H groups in total. The van der Waals surface area contributed by atoms with E-state index in [-0.39, 0.29) is 5.41 Å². The van der Waals surface area contributed by atoms with Gasteiger partial charge in [0.25, 0.3) is 0 Å². The zero-order chi connectivity index (χ0) is 10.5. The molecule has 0 aromatic rings. The Hall–Kier alpha value is -1.43. The van der Waals surface area contributed by atoms with Crippen molar-refractivity contribution in [3.63, 3.8) is 0 Å². The van der Waals surface area contributed by atoms with Gasteiger partial charge in [0.15, 0.2) is 0 Å². The van der Waals surface area contributed by atoms with Crippen molar-refractivity contribution in [2.75, 3.05) is 0 Å². The van der Waals surface area contributed by atoms with Gasteiger partial charge in [0.2, 0.25) is 0 Å². The first-order valence-electron chi connectivity index (χ1n) is 4.03. The van der Waals surface area contributed by atoms with Gasteiger partial charge in [-0.25, -0.2) is 9.98 Å². The SMILES string of the molecule is C=NC(=N/C=C(\C)C#N)C(C)(C)C. The van der Waals surface area contributed by atoms with Crippen LogP contribution >= 0.6 is 0 Å². The van der Waals surface area contributed by atoms with Gasteiger partial charge < -0.3 is 0 Å². The fourth-order valence-corrected chi connectivity index (χ4v) is 0.658. The third-order valence-electron chi connectivity index (χ3n) is 1.38. The number of allylic oxidation sites excluding steroid dienone is 1. The third-order valence-corrected chi connectivity index (χ3v) is 1.38. The zero-order valence-electron chi connectivity index (χ0n) is 8.63. The highest BCUT2D eigenvalue weighted by atomic mass is 14.9. The number of nitriles is 1. The molecule has 0 aliphatic rings. The van der Waals surface area contributed by atoms with Crippen LogP contribution in [0.5, 0.6) is 0 Å². The predicted octanol–water partition coefficient (Wildman–Crippen LogP) is 2.56. The van der Waals surface area contributed by atoms with Crippen molar-refractivity contribution in [3.8, 4) is 6.07 Å². The molecule has 3 heteroatoms. The van der Waals surface area contributed by atoms with Crippen LogP contribution in [-0.2, 0) is 0 Å². The third kappa shape index (κ3) is 4.22. The van der Waals surface area contributed by atoms with Crippen LogP contribution in [-0.4, -0.2) is 12.6 Å². The summed E-state index contributed by atoms with van der Waals surface area (Å²) >= 11 is 0. The van der Waals surface area contributed by atoms with Gasteiger partial charge in [-0.15, -0.1) is 0 Å². The normalized spacial score (nSPS) is 13.8. The second-order valence-electron chi connectivity index (χ2n) is 3.78. The van der Waals surface area contributed by atoms with E-state index in [1.165, 1.54) is 6.20 Å². The van der Waals surface area contributed by atoms with Gasteiger partial charge in [-0.05, 0) is 13.6 Å². The molecule has 0 aromatic carbocycles. The van der Waals surface area contributed by atoms with Crippen LogP contribution in [0.4, 0.5) is 0 Å². The summed E-state index contributed by atoms with van der Waals surface area (Å²) in [5.74, 6) is 0.641. The van der Waals surface area contributed by atoms with E-state index in [0.29, 0.717) is 11.4 Å². The van der Waals surface area contributed by atoms with Crippen molar-refractivity contribution < 1.29 is 0 Å². The molecule has 0 heterocycles. The van der Waals surface area contributed by atoms with Gasteiger partial charge in [-0.3, -0.25) is 0 Å². The second kappa shape index (κ2) is 4.56. The molecule has 0 rings (SSSR count). The first-order chi connectivity index (χ1) is 5.91. The number of hydrogen-bond donors (Lipinski definition) is 0. The minimum atomic E-state index is -0.131. The Morgan fingerprint density at radius 1 is 1.46 bits per heavy atom. The van der Waals surface area contributed by atoms with E-state index in [1.54, 1.807) is 6.92 Å².